The first-order valence-electron chi connectivity index (χ1n) is 9.25. The van der Waals surface area contributed by atoms with Crippen LogP contribution < -0.4 is 10.6 Å². The molecule has 1 fully saturated rings. The van der Waals surface area contributed by atoms with Crippen LogP contribution in [0.3, 0.4) is 0 Å². The molecule has 2 N–H and O–H groups in total. The van der Waals surface area contributed by atoms with Gasteiger partial charge in [0.05, 0.1) is 18.7 Å². The third kappa shape index (κ3) is 5.54. The van der Waals surface area contributed by atoms with Crippen molar-refractivity contribution in [1.29, 1.82) is 0 Å². The SMILES string of the molecule is Cc1cc(C)c(NC(=O)CN(C)[C@H](C)C(=O)NC[C@@H]2CCCO2)c(C)c1. The number of benzene rings is 1. The van der Waals surface area contributed by atoms with Crippen LogP contribution in [0, 0.1) is 20.8 Å². The topological polar surface area (TPSA) is 70.7 Å². The van der Waals surface area contributed by atoms with Gasteiger partial charge in [-0.2, -0.15) is 0 Å². The van der Waals surface area contributed by atoms with E-state index >= 15 is 0 Å². The lowest BCUT2D eigenvalue weighted by molar-refractivity contribution is -0.127. The fraction of sp³-hybridized carbons (Fsp3) is 0.600. The third-order valence-corrected chi connectivity index (χ3v) is 4.90. The average molecular weight is 361 g/mol. The number of carbonyl (C=O) groups is 2. The van der Waals surface area contributed by atoms with E-state index in [9.17, 15) is 9.59 Å². The summed E-state index contributed by atoms with van der Waals surface area (Å²) in [5.74, 6) is -0.208. The molecule has 144 valence electrons. The summed E-state index contributed by atoms with van der Waals surface area (Å²) in [5.41, 5.74) is 4.11. The first kappa shape index (κ1) is 20.4. The van der Waals surface area contributed by atoms with Gasteiger partial charge < -0.3 is 15.4 Å². The van der Waals surface area contributed by atoms with E-state index in [-0.39, 0.29) is 30.5 Å². The summed E-state index contributed by atoms with van der Waals surface area (Å²) >= 11 is 0. The van der Waals surface area contributed by atoms with Gasteiger partial charge in [-0.1, -0.05) is 17.7 Å². The standard InChI is InChI=1S/C20H31N3O3/c1-13-9-14(2)19(15(3)10-13)22-18(24)12-23(5)16(4)20(25)21-11-17-7-6-8-26-17/h9-10,16-17H,6-8,11-12H2,1-5H3,(H,21,25)(H,22,24)/t16-,17+/m1/s1. The van der Waals surface area contributed by atoms with Gasteiger partial charge in [-0.3, -0.25) is 14.5 Å². The Morgan fingerprint density at radius 1 is 1.27 bits per heavy atom. The minimum Gasteiger partial charge on any atom is -0.376 e. The van der Waals surface area contributed by atoms with E-state index in [0.717, 1.165) is 36.3 Å². The number of rotatable bonds is 7. The molecule has 0 bridgehead atoms. The lowest BCUT2D eigenvalue weighted by atomic mass is 10.1. The van der Waals surface area contributed by atoms with Gasteiger partial charge in [-0.05, 0) is 58.7 Å². The van der Waals surface area contributed by atoms with E-state index in [4.69, 9.17) is 4.74 Å². The van der Waals surface area contributed by atoms with Crippen molar-refractivity contribution in [1.82, 2.24) is 10.2 Å². The van der Waals surface area contributed by atoms with Crippen molar-refractivity contribution in [2.24, 2.45) is 0 Å². The zero-order chi connectivity index (χ0) is 19.3. The highest BCUT2D eigenvalue weighted by Crippen LogP contribution is 2.21. The Morgan fingerprint density at radius 3 is 2.50 bits per heavy atom. The molecule has 0 unspecified atom stereocenters. The van der Waals surface area contributed by atoms with Crippen LogP contribution in [0.2, 0.25) is 0 Å². The second-order valence-electron chi connectivity index (χ2n) is 7.29. The zero-order valence-electron chi connectivity index (χ0n) is 16.5. The highest BCUT2D eigenvalue weighted by molar-refractivity contribution is 5.94. The van der Waals surface area contributed by atoms with Crippen molar-refractivity contribution in [3.05, 3.63) is 28.8 Å². The molecule has 6 heteroatoms. The molecule has 2 atom stereocenters. The summed E-state index contributed by atoms with van der Waals surface area (Å²) in [6.07, 6.45) is 2.16. The average Bonchev–Trinajstić information content (AvgIpc) is 3.08. The van der Waals surface area contributed by atoms with Crippen LogP contribution in [0.15, 0.2) is 12.1 Å². The fourth-order valence-electron chi connectivity index (χ4n) is 3.29. The molecule has 0 radical (unpaired) electrons. The molecular weight excluding hydrogens is 330 g/mol. The summed E-state index contributed by atoms with van der Waals surface area (Å²) in [6, 6.07) is 3.71. The van der Waals surface area contributed by atoms with Crippen molar-refractivity contribution in [2.75, 3.05) is 32.1 Å². The maximum absolute atomic E-state index is 12.4. The molecule has 0 aliphatic carbocycles. The van der Waals surface area contributed by atoms with E-state index in [0.29, 0.717) is 6.54 Å². The molecule has 1 aromatic carbocycles. The highest BCUT2D eigenvalue weighted by atomic mass is 16.5. The van der Waals surface area contributed by atoms with Crippen LogP contribution >= 0.6 is 0 Å². The Hall–Kier alpha value is -1.92. The van der Waals surface area contributed by atoms with Gasteiger partial charge in [0.1, 0.15) is 0 Å². The number of aryl methyl sites for hydroxylation is 3. The van der Waals surface area contributed by atoms with Crippen LogP contribution in [0.1, 0.15) is 36.5 Å². The van der Waals surface area contributed by atoms with Gasteiger partial charge in [0.2, 0.25) is 11.8 Å². The number of ether oxygens (including phenoxy) is 1. The number of amides is 2. The molecule has 1 saturated heterocycles. The second kappa shape index (κ2) is 9.14. The third-order valence-electron chi connectivity index (χ3n) is 4.90. The second-order valence-corrected chi connectivity index (χ2v) is 7.29. The van der Waals surface area contributed by atoms with Gasteiger partial charge in [-0.25, -0.2) is 0 Å². The lowest BCUT2D eigenvalue weighted by Crippen LogP contribution is -2.47. The number of carbonyl (C=O) groups excluding carboxylic acids is 2. The molecule has 0 spiro atoms. The summed E-state index contributed by atoms with van der Waals surface area (Å²) in [6.45, 7) is 9.28. The molecule has 2 amide bonds. The maximum Gasteiger partial charge on any atom is 0.238 e. The molecule has 1 aliphatic heterocycles. The van der Waals surface area contributed by atoms with Crippen LogP contribution in [0.25, 0.3) is 0 Å². The first-order chi connectivity index (χ1) is 12.3. The number of nitrogens with zero attached hydrogens (tertiary/aromatic N) is 1. The minimum atomic E-state index is -0.387. The summed E-state index contributed by atoms with van der Waals surface area (Å²) in [4.78, 5) is 26.4. The van der Waals surface area contributed by atoms with Crippen LogP contribution in [-0.2, 0) is 14.3 Å². The largest absolute Gasteiger partial charge is 0.376 e. The molecule has 1 aliphatic rings. The van der Waals surface area contributed by atoms with Crippen LogP contribution in [0.5, 0.6) is 0 Å². The molecule has 1 aromatic rings. The van der Waals surface area contributed by atoms with E-state index in [2.05, 4.69) is 10.6 Å². The van der Waals surface area contributed by atoms with E-state index in [1.165, 1.54) is 5.56 Å². The zero-order valence-corrected chi connectivity index (χ0v) is 16.5. The van der Waals surface area contributed by atoms with E-state index in [1.54, 1.807) is 18.9 Å². The molecule has 6 nitrogen and oxygen atoms in total. The number of nitrogens with one attached hydrogen (secondary N) is 2. The highest BCUT2D eigenvalue weighted by Gasteiger charge is 2.22. The number of hydrogen-bond acceptors (Lipinski definition) is 4. The monoisotopic (exact) mass is 361 g/mol. The molecule has 0 aromatic heterocycles. The summed E-state index contributed by atoms with van der Waals surface area (Å²) in [5, 5.41) is 5.89. The van der Waals surface area contributed by atoms with Gasteiger partial charge in [0.25, 0.3) is 0 Å². The predicted octanol–water partition coefficient (Wildman–Crippen LogP) is 2.17. The predicted molar refractivity (Wildman–Crippen MR) is 103 cm³/mol. The number of anilines is 1. The molecule has 2 rings (SSSR count). The number of likely N-dealkylation sites (N-methyl/N-ethyl adjacent to an activating group) is 1. The Balaban J connectivity index is 1.84. The van der Waals surface area contributed by atoms with Gasteiger partial charge >= 0.3 is 0 Å². The van der Waals surface area contributed by atoms with Crippen LogP contribution in [0.4, 0.5) is 5.69 Å². The van der Waals surface area contributed by atoms with Crippen molar-refractivity contribution < 1.29 is 14.3 Å². The Bertz CT molecular complexity index is 631. The lowest BCUT2D eigenvalue weighted by Gasteiger charge is -2.24. The van der Waals surface area contributed by atoms with E-state index < -0.39 is 0 Å². The van der Waals surface area contributed by atoms with Crippen LogP contribution in [-0.4, -0.2) is 55.6 Å². The minimum absolute atomic E-state index is 0.0847. The van der Waals surface area contributed by atoms with Crippen molar-refractivity contribution >= 4 is 17.5 Å². The molecule has 0 saturated carbocycles. The van der Waals surface area contributed by atoms with E-state index in [1.807, 2.05) is 32.9 Å². The fourth-order valence-corrected chi connectivity index (χ4v) is 3.29. The van der Waals surface area contributed by atoms with Gasteiger partial charge in [0.15, 0.2) is 0 Å². The Morgan fingerprint density at radius 2 is 1.92 bits per heavy atom. The molecular formula is C20H31N3O3. The van der Waals surface area contributed by atoms with Crippen molar-refractivity contribution in [3.8, 4) is 0 Å². The quantitative estimate of drug-likeness (QED) is 0.781. The van der Waals surface area contributed by atoms with Crippen molar-refractivity contribution in [2.45, 2.75) is 52.7 Å². The Kier molecular flexibility index (Phi) is 7.17. The molecule has 1 heterocycles. The van der Waals surface area contributed by atoms with Gasteiger partial charge in [0, 0.05) is 18.8 Å². The smallest absolute Gasteiger partial charge is 0.238 e. The van der Waals surface area contributed by atoms with Gasteiger partial charge in [-0.15, -0.1) is 0 Å². The number of hydrogen-bond donors (Lipinski definition) is 2. The van der Waals surface area contributed by atoms with Crippen molar-refractivity contribution in [3.63, 3.8) is 0 Å². The first-order valence-corrected chi connectivity index (χ1v) is 9.25. The summed E-state index contributed by atoms with van der Waals surface area (Å²) < 4.78 is 5.51. The normalized spacial score (nSPS) is 18.0. The molecule has 26 heavy (non-hydrogen) atoms. The summed E-state index contributed by atoms with van der Waals surface area (Å²) in [7, 11) is 1.78. The maximum atomic E-state index is 12.4. The Labute approximate surface area is 156 Å².